The molecule has 1 aliphatic rings. The predicted octanol–water partition coefficient (Wildman–Crippen LogP) is 2.65. The van der Waals surface area contributed by atoms with Crippen molar-refractivity contribution < 1.29 is 9.53 Å². The van der Waals surface area contributed by atoms with E-state index in [1.165, 1.54) is 12.8 Å². The Morgan fingerprint density at radius 3 is 3.04 bits per heavy atom. The fourth-order valence-electron chi connectivity index (χ4n) is 3.14. The SMILES string of the molecule is COc1cccnc1CNC(=O)c1ccnc(N2CCCC(C)C2)c1. The number of nitrogens with one attached hydrogen (secondary N) is 1. The van der Waals surface area contributed by atoms with E-state index in [1.54, 1.807) is 31.6 Å². The van der Waals surface area contributed by atoms with Gasteiger partial charge in [0.2, 0.25) is 0 Å². The molecule has 1 unspecified atom stereocenters. The number of anilines is 1. The van der Waals surface area contributed by atoms with Crippen molar-refractivity contribution in [3.8, 4) is 5.75 Å². The number of carbonyl (C=O) groups is 1. The number of aromatic nitrogens is 2. The third-order valence-electron chi connectivity index (χ3n) is 4.47. The number of pyridine rings is 2. The Labute approximate surface area is 148 Å². The number of hydrogen-bond donors (Lipinski definition) is 1. The van der Waals surface area contributed by atoms with Crippen molar-refractivity contribution in [3.63, 3.8) is 0 Å². The van der Waals surface area contributed by atoms with Crippen LogP contribution in [0.2, 0.25) is 0 Å². The van der Waals surface area contributed by atoms with Crippen LogP contribution in [-0.2, 0) is 6.54 Å². The second kappa shape index (κ2) is 7.96. The van der Waals surface area contributed by atoms with Gasteiger partial charge in [-0.2, -0.15) is 0 Å². The Morgan fingerprint density at radius 2 is 2.24 bits per heavy atom. The van der Waals surface area contributed by atoms with Crippen molar-refractivity contribution in [2.45, 2.75) is 26.3 Å². The average molecular weight is 340 g/mol. The minimum atomic E-state index is -0.138. The van der Waals surface area contributed by atoms with Crippen molar-refractivity contribution in [2.24, 2.45) is 5.92 Å². The van der Waals surface area contributed by atoms with Crippen LogP contribution in [0.25, 0.3) is 0 Å². The Hall–Kier alpha value is -2.63. The third-order valence-corrected chi connectivity index (χ3v) is 4.47. The van der Waals surface area contributed by atoms with E-state index >= 15 is 0 Å². The van der Waals surface area contributed by atoms with E-state index in [1.807, 2.05) is 12.1 Å². The predicted molar refractivity (Wildman–Crippen MR) is 96.8 cm³/mol. The Kier molecular flexibility index (Phi) is 5.48. The molecule has 3 rings (SSSR count). The summed E-state index contributed by atoms with van der Waals surface area (Å²) in [5, 5.41) is 2.90. The number of amides is 1. The molecule has 1 saturated heterocycles. The van der Waals surface area contributed by atoms with Crippen LogP contribution >= 0.6 is 0 Å². The zero-order chi connectivity index (χ0) is 17.6. The van der Waals surface area contributed by atoms with E-state index in [0.717, 1.165) is 18.9 Å². The van der Waals surface area contributed by atoms with E-state index in [0.29, 0.717) is 29.5 Å². The first-order valence-corrected chi connectivity index (χ1v) is 8.64. The first-order chi connectivity index (χ1) is 12.2. The molecule has 0 aliphatic carbocycles. The van der Waals surface area contributed by atoms with Gasteiger partial charge in [0.1, 0.15) is 17.3 Å². The quantitative estimate of drug-likeness (QED) is 0.906. The summed E-state index contributed by atoms with van der Waals surface area (Å²) in [5.74, 6) is 2.06. The van der Waals surface area contributed by atoms with E-state index in [4.69, 9.17) is 4.74 Å². The largest absolute Gasteiger partial charge is 0.495 e. The molecule has 6 heteroatoms. The number of methoxy groups -OCH3 is 1. The molecule has 132 valence electrons. The van der Waals surface area contributed by atoms with Gasteiger partial charge in [-0.1, -0.05) is 6.92 Å². The molecule has 1 amide bonds. The molecule has 3 heterocycles. The molecule has 2 aromatic heterocycles. The van der Waals surface area contributed by atoms with Crippen molar-refractivity contribution in [1.29, 1.82) is 0 Å². The molecular weight excluding hydrogens is 316 g/mol. The van der Waals surface area contributed by atoms with E-state index in [2.05, 4.69) is 27.1 Å². The fraction of sp³-hybridized carbons (Fsp3) is 0.421. The third kappa shape index (κ3) is 4.26. The van der Waals surface area contributed by atoms with Crippen molar-refractivity contribution in [3.05, 3.63) is 47.9 Å². The summed E-state index contributed by atoms with van der Waals surface area (Å²) in [6, 6.07) is 7.24. The van der Waals surface area contributed by atoms with Gasteiger partial charge < -0.3 is 15.0 Å². The van der Waals surface area contributed by atoms with Crippen molar-refractivity contribution in [2.75, 3.05) is 25.1 Å². The highest BCUT2D eigenvalue weighted by atomic mass is 16.5. The Bertz CT molecular complexity index is 735. The number of ether oxygens (including phenoxy) is 1. The summed E-state index contributed by atoms with van der Waals surface area (Å²) in [7, 11) is 1.59. The first kappa shape index (κ1) is 17.2. The van der Waals surface area contributed by atoms with Gasteiger partial charge in [-0.25, -0.2) is 4.98 Å². The fourth-order valence-corrected chi connectivity index (χ4v) is 3.14. The molecule has 1 fully saturated rings. The number of nitrogens with zero attached hydrogens (tertiary/aromatic N) is 3. The summed E-state index contributed by atoms with van der Waals surface area (Å²) in [5.41, 5.74) is 1.32. The number of carbonyl (C=O) groups excluding carboxylic acids is 1. The molecule has 1 atom stereocenters. The van der Waals surface area contributed by atoms with Crippen LogP contribution < -0.4 is 15.0 Å². The smallest absolute Gasteiger partial charge is 0.251 e. The van der Waals surface area contributed by atoms with Crippen LogP contribution in [0.1, 0.15) is 35.8 Å². The van der Waals surface area contributed by atoms with E-state index < -0.39 is 0 Å². The summed E-state index contributed by atoms with van der Waals surface area (Å²) in [4.78, 5) is 23.4. The summed E-state index contributed by atoms with van der Waals surface area (Å²) >= 11 is 0. The standard InChI is InChI=1S/C19H24N4O2/c1-14-5-4-10-23(13-14)18-11-15(7-9-21-18)19(24)22-12-16-17(25-2)6-3-8-20-16/h3,6-9,11,14H,4-5,10,12-13H2,1-2H3,(H,22,24). The van der Waals surface area contributed by atoms with Gasteiger partial charge in [0.15, 0.2) is 0 Å². The topological polar surface area (TPSA) is 67.3 Å². The lowest BCUT2D eigenvalue weighted by atomic mass is 10.0. The molecule has 1 aliphatic heterocycles. The Balaban J connectivity index is 1.67. The molecule has 0 saturated carbocycles. The summed E-state index contributed by atoms with van der Waals surface area (Å²) in [6.45, 7) is 4.56. The van der Waals surface area contributed by atoms with Gasteiger partial charge in [-0.15, -0.1) is 0 Å². The first-order valence-electron chi connectivity index (χ1n) is 8.64. The minimum Gasteiger partial charge on any atom is -0.495 e. The highest BCUT2D eigenvalue weighted by Gasteiger charge is 2.18. The monoisotopic (exact) mass is 340 g/mol. The lowest BCUT2D eigenvalue weighted by molar-refractivity contribution is 0.0950. The van der Waals surface area contributed by atoms with Crippen LogP contribution in [-0.4, -0.2) is 36.1 Å². The highest BCUT2D eigenvalue weighted by Crippen LogP contribution is 2.22. The second-order valence-electron chi connectivity index (χ2n) is 6.43. The van der Waals surface area contributed by atoms with Gasteiger partial charge in [-0.05, 0) is 43.0 Å². The number of hydrogen-bond acceptors (Lipinski definition) is 5. The molecule has 0 aromatic carbocycles. The molecule has 0 spiro atoms. The minimum absolute atomic E-state index is 0.138. The maximum Gasteiger partial charge on any atom is 0.251 e. The van der Waals surface area contributed by atoms with Crippen LogP contribution in [0, 0.1) is 5.92 Å². The van der Waals surface area contributed by atoms with E-state index in [9.17, 15) is 4.79 Å². The molecule has 2 aromatic rings. The second-order valence-corrected chi connectivity index (χ2v) is 6.43. The lowest BCUT2D eigenvalue weighted by Gasteiger charge is -2.31. The maximum atomic E-state index is 12.5. The molecule has 0 bridgehead atoms. The van der Waals surface area contributed by atoms with Gasteiger partial charge in [0, 0.05) is 31.0 Å². The average Bonchev–Trinajstić information content (AvgIpc) is 2.66. The van der Waals surface area contributed by atoms with Crippen molar-refractivity contribution >= 4 is 11.7 Å². The summed E-state index contributed by atoms with van der Waals surface area (Å²) < 4.78 is 5.26. The van der Waals surface area contributed by atoms with Crippen LogP contribution in [0.4, 0.5) is 5.82 Å². The van der Waals surface area contributed by atoms with Crippen LogP contribution in [0.3, 0.4) is 0 Å². The lowest BCUT2D eigenvalue weighted by Crippen LogP contribution is -2.35. The number of rotatable bonds is 5. The van der Waals surface area contributed by atoms with Gasteiger partial charge in [0.05, 0.1) is 13.7 Å². The molecule has 25 heavy (non-hydrogen) atoms. The normalized spacial score (nSPS) is 17.2. The summed E-state index contributed by atoms with van der Waals surface area (Å²) in [6.07, 6.45) is 5.80. The zero-order valence-corrected chi connectivity index (χ0v) is 14.7. The van der Waals surface area contributed by atoms with Gasteiger partial charge in [-0.3, -0.25) is 9.78 Å². The van der Waals surface area contributed by atoms with Crippen molar-refractivity contribution in [1.82, 2.24) is 15.3 Å². The van der Waals surface area contributed by atoms with Crippen LogP contribution in [0.15, 0.2) is 36.7 Å². The van der Waals surface area contributed by atoms with Gasteiger partial charge >= 0.3 is 0 Å². The van der Waals surface area contributed by atoms with E-state index in [-0.39, 0.29) is 5.91 Å². The Morgan fingerprint density at radius 1 is 1.36 bits per heavy atom. The molecular formula is C19H24N4O2. The molecule has 0 radical (unpaired) electrons. The highest BCUT2D eigenvalue weighted by molar-refractivity contribution is 5.94. The van der Waals surface area contributed by atoms with Gasteiger partial charge in [0.25, 0.3) is 5.91 Å². The molecule has 6 nitrogen and oxygen atoms in total. The van der Waals surface area contributed by atoms with Crippen LogP contribution in [0.5, 0.6) is 5.75 Å². The molecule has 1 N–H and O–H groups in total. The number of piperidine rings is 1. The maximum absolute atomic E-state index is 12.5. The zero-order valence-electron chi connectivity index (χ0n) is 14.7.